The third kappa shape index (κ3) is 4.05. The van der Waals surface area contributed by atoms with Gasteiger partial charge in [0.15, 0.2) is 11.5 Å². The first-order valence-electron chi connectivity index (χ1n) is 9.22. The third-order valence-electron chi connectivity index (χ3n) is 4.47. The lowest BCUT2D eigenvalue weighted by Crippen LogP contribution is -2.18. The van der Waals surface area contributed by atoms with Crippen molar-refractivity contribution >= 4 is 33.2 Å². The highest BCUT2D eigenvalue weighted by molar-refractivity contribution is 7.22. The number of thiophene rings is 1. The van der Waals surface area contributed by atoms with E-state index in [0.717, 1.165) is 10.4 Å². The average Bonchev–Trinajstić information content (AvgIpc) is 3.18. The number of hydrogen-bond donors (Lipinski definition) is 1. The number of benzene rings is 2. The molecular weight excluding hydrogens is 424 g/mol. The van der Waals surface area contributed by atoms with Crippen LogP contribution >= 0.6 is 22.9 Å². The van der Waals surface area contributed by atoms with Crippen LogP contribution < -0.4 is 15.0 Å². The van der Waals surface area contributed by atoms with Crippen molar-refractivity contribution in [3.05, 3.63) is 70.2 Å². The molecule has 4 aromatic rings. The van der Waals surface area contributed by atoms with Gasteiger partial charge in [-0.25, -0.2) is 4.98 Å². The smallest absolute Gasteiger partial charge is 0.275 e. The summed E-state index contributed by atoms with van der Waals surface area (Å²) in [7, 11) is 1.52. The van der Waals surface area contributed by atoms with Crippen molar-refractivity contribution in [1.29, 1.82) is 0 Å². The Morgan fingerprint density at radius 3 is 2.63 bits per heavy atom. The highest BCUT2D eigenvalue weighted by atomic mass is 35.5. The molecule has 8 heteroatoms. The Balaban J connectivity index is 1.73. The van der Waals surface area contributed by atoms with E-state index in [9.17, 15) is 9.90 Å². The first kappa shape index (κ1) is 20.4. The van der Waals surface area contributed by atoms with Crippen LogP contribution in [-0.4, -0.2) is 34.5 Å². The molecule has 1 atom stereocenters. The van der Waals surface area contributed by atoms with E-state index in [1.165, 1.54) is 29.3 Å². The molecular formula is C22H19ClN2O4S. The molecule has 4 rings (SSSR count). The fraction of sp³-hybridized carbons (Fsp3) is 0.182. The van der Waals surface area contributed by atoms with Crippen molar-refractivity contribution < 1.29 is 14.6 Å². The van der Waals surface area contributed by atoms with Crippen molar-refractivity contribution in [3.8, 4) is 27.6 Å². The summed E-state index contributed by atoms with van der Waals surface area (Å²) in [4.78, 5) is 18.5. The fourth-order valence-electron chi connectivity index (χ4n) is 2.99. The summed E-state index contributed by atoms with van der Waals surface area (Å²) in [6, 6.07) is 14.6. The van der Waals surface area contributed by atoms with E-state index in [1.54, 1.807) is 25.1 Å². The van der Waals surface area contributed by atoms with E-state index >= 15 is 0 Å². The highest BCUT2D eigenvalue weighted by Crippen LogP contribution is 2.33. The van der Waals surface area contributed by atoms with Crippen LogP contribution in [0, 0.1) is 0 Å². The van der Waals surface area contributed by atoms with E-state index in [0.29, 0.717) is 32.4 Å². The zero-order valence-electron chi connectivity index (χ0n) is 16.3. The topological polar surface area (TPSA) is 73.6 Å². The highest BCUT2D eigenvalue weighted by Gasteiger charge is 2.14. The minimum absolute atomic E-state index is 0.145. The minimum atomic E-state index is -0.600. The van der Waals surface area contributed by atoms with Gasteiger partial charge in [-0.3, -0.25) is 9.36 Å². The lowest BCUT2D eigenvalue weighted by Gasteiger charge is -2.14. The first-order chi connectivity index (χ1) is 14.5. The molecule has 0 amide bonds. The largest absolute Gasteiger partial charge is 0.493 e. The van der Waals surface area contributed by atoms with E-state index < -0.39 is 6.10 Å². The van der Waals surface area contributed by atoms with Gasteiger partial charge >= 0.3 is 0 Å². The molecule has 2 aromatic carbocycles. The molecule has 30 heavy (non-hydrogen) atoms. The maximum absolute atomic E-state index is 13.1. The van der Waals surface area contributed by atoms with E-state index in [1.807, 2.05) is 30.3 Å². The maximum Gasteiger partial charge on any atom is 0.275 e. The molecule has 2 heterocycles. The van der Waals surface area contributed by atoms with E-state index in [2.05, 4.69) is 4.98 Å². The van der Waals surface area contributed by atoms with Gasteiger partial charge < -0.3 is 14.6 Å². The van der Waals surface area contributed by atoms with Crippen LogP contribution in [0.3, 0.4) is 0 Å². The van der Waals surface area contributed by atoms with Gasteiger partial charge in [-0.05, 0) is 42.8 Å². The van der Waals surface area contributed by atoms with Crippen LogP contribution in [-0.2, 0) is 0 Å². The molecule has 0 fully saturated rings. The summed E-state index contributed by atoms with van der Waals surface area (Å²) in [5.74, 6) is 0.957. The molecule has 0 spiro atoms. The molecule has 2 aromatic heterocycles. The van der Waals surface area contributed by atoms with Crippen LogP contribution in [0.2, 0.25) is 5.02 Å². The Morgan fingerprint density at radius 1 is 1.17 bits per heavy atom. The Bertz CT molecular complexity index is 1250. The first-order valence-corrected chi connectivity index (χ1v) is 10.4. The zero-order valence-corrected chi connectivity index (χ0v) is 17.9. The van der Waals surface area contributed by atoms with Crippen molar-refractivity contribution in [2.24, 2.45) is 0 Å². The molecule has 0 aliphatic heterocycles. The lowest BCUT2D eigenvalue weighted by atomic mass is 10.2. The van der Waals surface area contributed by atoms with Gasteiger partial charge in [0.05, 0.1) is 24.4 Å². The molecule has 1 N–H and O–H groups in total. The van der Waals surface area contributed by atoms with Crippen LogP contribution in [0.1, 0.15) is 6.92 Å². The van der Waals surface area contributed by atoms with Gasteiger partial charge in [0, 0.05) is 16.0 Å². The predicted molar refractivity (Wildman–Crippen MR) is 119 cm³/mol. The second-order valence-corrected chi connectivity index (χ2v) is 8.24. The van der Waals surface area contributed by atoms with Crippen LogP contribution in [0.4, 0.5) is 0 Å². The molecule has 6 nitrogen and oxygen atoms in total. The Kier molecular flexibility index (Phi) is 5.76. The quantitative estimate of drug-likeness (QED) is 0.474. The number of fused-ring (bicyclic) bond motifs is 1. The molecule has 0 bridgehead atoms. The third-order valence-corrected chi connectivity index (χ3v) is 5.89. The van der Waals surface area contributed by atoms with Crippen molar-refractivity contribution in [1.82, 2.24) is 9.55 Å². The number of ether oxygens (including phenoxy) is 2. The van der Waals surface area contributed by atoms with Crippen LogP contribution in [0.15, 0.2) is 59.7 Å². The summed E-state index contributed by atoms with van der Waals surface area (Å²) >= 11 is 7.36. The number of aliphatic hydroxyl groups is 1. The second-order valence-electron chi connectivity index (χ2n) is 6.75. The molecule has 0 radical (unpaired) electrons. The zero-order chi connectivity index (χ0) is 21.3. The van der Waals surface area contributed by atoms with E-state index in [4.69, 9.17) is 21.1 Å². The summed E-state index contributed by atoms with van der Waals surface area (Å²) in [6.07, 6.45) is 0.908. The van der Waals surface area contributed by atoms with Gasteiger partial charge in [0.25, 0.3) is 5.56 Å². The summed E-state index contributed by atoms with van der Waals surface area (Å²) in [5, 5.41) is 10.1. The van der Waals surface area contributed by atoms with Crippen molar-refractivity contribution in [3.63, 3.8) is 0 Å². The van der Waals surface area contributed by atoms with Gasteiger partial charge in [-0.1, -0.05) is 23.7 Å². The normalized spacial score (nSPS) is 12.1. The Labute approximate surface area is 181 Å². The van der Waals surface area contributed by atoms with Crippen LogP contribution in [0.25, 0.3) is 26.3 Å². The fourth-order valence-corrected chi connectivity index (χ4v) is 4.16. The Hall–Kier alpha value is -2.87. The minimum Gasteiger partial charge on any atom is -0.493 e. The maximum atomic E-state index is 13.1. The lowest BCUT2D eigenvalue weighted by molar-refractivity contribution is 0.120. The molecule has 154 valence electrons. The van der Waals surface area contributed by atoms with Crippen molar-refractivity contribution in [2.75, 3.05) is 13.7 Å². The Morgan fingerprint density at radius 2 is 1.93 bits per heavy atom. The van der Waals surface area contributed by atoms with Crippen molar-refractivity contribution in [2.45, 2.75) is 13.0 Å². The van der Waals surface area contributed by atoms with Gasteiger partial charge in [0.2, 0.25) is 0 Å². The molecule has 0 saturated carbocycles. The summed E-state index contributed by atoms with van der Waals surface area (Å²) in [5.41, 5.74) is 2.08. The van der Waals surface area contributed by atoms with E-state index in [-0.39, 0.29) is 12.2 Å². The predicted octanol–water partition coefficient (Wildman–Crippen LogP) is 4.54. The monoisotopic (exact) mass is 442 g/mol. The number of methoxy groups -OCH3 is 1. The number of rotatable bonds is 6. The number of aliphatic hydroxyl groups excluding tert-OH is 1. The molecule has 0 aliphatic rings. The molecule has 0 aliphatic carbocycles. The van der Waals surface area contributed by atoms with Gasteiger partial charge in [-0.15, -0.1) is 11.3 Å². The standard InChI is InChI=1S/C22H19ClN2O4S/c1-13(26)11-29-18-8-7-16(9-19(18)28-2)25-12-24-17-10-20(30-21(17)22(25)27)14-3-5-15(23)6-4-14/h3-10,12-13,26H,11H2,1-2H3. The molecule has 1 unspecified atom stereocenters. The summed E-state index contributed by atoms with van der Waals surface area (Å²) in [6.45, 7) is 1.78. The SMILES string of the molecule is COc1cc(-n2cnc3cc(-c4ccc(Cl)cc4)sc3c2=O)ccc1OCC(C)O. The average molecular weight is 443 g/mol. The van der Waals surface area contributed by atoms with Gasteiger partial charge in [0.1, 0.15) is 17.6 Å². The second kappa shape index (κ2) is 8.47. The summed E-state index contributed by atoms with van der Waals surface area (Å²) < 4.78 is 13.0. The van der Waals surface area contributed by atoms with Crippen LogP contribution in [0.5, 0.6) is 11.5 Å². The number of nitrogens with zero attached hydrogens (tertiary/aromatic N) is 2. The van der Waals surface area contributed by atoms with Gasteiger partial charge in [-0.2, -0.15) is 0 Å². The number of aromatic nitrogens is 2. The molecule has 0 saturated heterocycles. The number of halogens is 1. The number of hydrogen-bond acceptors (Lipinski definition) is 6.